The van der Waals surface area contributed by atoms with Crippen molar-refractivity contribution in [3.8, 4) is 0 Å². The van der Waals surface area contributed by atoms with Crippen molar-refractivity contribution in [1.82, 2.24) is 4.90 Å². The maximum absolute atomic E-state index is 11.5. The van der Waals surface area contributed by atoms with E-state index >= 15 is 0 Å². The molecule has 1 unspecified atom stereocenters. The smallest absolute Gasteiger partial charge is 0.239 e. The largest absolute Gasteiger partial charge is 0.464 e. The minimum Gasteiger partial charge on any atom is -0.464 e. The fraction of sp³-hybridized carbons (Fsp3) is 0.500. The lowest BCUT2D eigenvalue weighted by molar-refractivity contribution is -0.129. The Bertz CT molecular complexity index is 346. The highest BCUT2D eigenvalue weighted by Crippen LogP contribution is 2.15. The van der Waals surface area contributed by atoms with Crippen molar-refractivity contribution in [3.63, 3.8) is 0 Å². The Hall–Kier alpha value is -1.29. The van der Waals surface area contributed by atoms with Crippen LogP contribution >= 0.6 is 0 Å². The van der Waals surface area contributed by atoms with Crippen LogP contribution in [-0.4, -0.2) is 23.4 Å². The molecule has 2 heterocycles. The van der Waals surface area contributed by atoms with Crippen LogP contribution in [0.3, 0.4) is 0 Å². The molecule has 1 saturated heterocycles. The topological polar surface area (TPSA) is 59.5 Å². The van der Waals surface area contributed by atoms with Gasteiger partial charge in [-0.15, -0.1) is 0 Å². The van der Waals surface area contributed by atoms with Crippen molar-refractivity contribution in [3.05, 3.63) is 23.7 Å². The summed E-state index contributed by atoms with van der Waals surface area (Å²) in [5.41, 5.74) is 5.61. The number of amides is 1. The van der Waals surface area contributed by atoms with Crippen LogP contribution in [-0.2, 0) is 11.3 Å². The van der Waals surface area contributed by atoms with Gasteiger partial charge < -0.3 is 15.1 Å². The number of aryl methyl sites for hydroxylation is 1. The average Bonchev–Trinajstić information content (AvgIpc) is 2.67. The standard InChI is InChI=1S/C10H14N2O2/c1-7-2-3-8(14-7)6-12-5-4-9(11)10(12)13/h2-3,9H,4-6,11H2,1H3. The van der Waals surface area contributed by atoms with E-state index in [9.17, 15) is 4.79 Å². The maximum atomic E-state index is 11.5. The van der Waals surface area contributed by atoms with E-state index in [1.807, 2.05) is 19.1 Å². The van der Waals surface area contributed by atoms with Gasteiger partial charge in [0.15, 0.2) is 0 Å². The van der Waals surface area contributed by atoms with Gasteiger partial charge in [0.05, 0.1) is 12.6 Å². The van der Waals surface area contributed by atoms with Crippen molar-refractivity contribution in [1.29, 1.82) is 0 Å². The third kappa shape index (κ3) is 1.65. The van der Waals surface area contributed by atoms with E-state index in [0.717, 1.165) is 24.5 Å². The van der Waals surface area contributed by atoms with E-state index in [-0.39, 0.29) is 11.9 Å². The molecule has 1 atom stereocenters. The Morgan fingerprint density at radius 2 is 2.43 bits per heavy atom. The van der Waals surface area contributed by atoms with Crippen molar-refractivity contribution in [2.24, 2.45) is 5.73 Å². The molecule has 0 spiro atoms. The third-order valence-electron chi connectivity index (χ3n) is 2.48. The normalized spacial score (nSPS) is 22.0. The summed E-state index contributed by atoms with van der Waals surface area (Å²) in [6.07, 6.45) is 0.749. The van der Waals surface area contributed by atoms with Crippen molar-refractivity contribution in [2.45, 2.75) is 25.9 Å². The molecule has 76 valence electrons. The molecule has 0 bridgehead atoms. The fourth-order valence-corrected chi connectivity index (χ4v) is 1.68. The summed E-state index contributed by atoms with van der Waals surface area (Å²) in [5, 5.41) is 0. The Morgan fingerprint density at radius 3 is 2.93 bits per heavy atom. The minimum atomic E-state index is -0.314. The highest BCUT2D eigenvalue weighted by Gasteiger charge is 2.28. The monoisotopic (exact) mass is 194 g/mol. The molecule has 4 nitrogen and oxygen atoms in total. The zero-order valence-corrected chi connectivity index (χ0v) is 8.19. The number of carbonyl (C=O) groups excluding carboxylic acids is 1. The summed E-state index contributed by atoms with van der Waals surface area (Å²) < 4.78 is 5.39. The number of rotatable bonds is 2. The van der Waals surface area contributed by atoms with E-state index in [1.54, 1.807) is 4.90 Å². The zero-order valence-electron chi connectivity index (χ0n) is 8.19. The van der Waals surface area contributed by atoms with E-state index in [4.69, 9.17) is 10.2 Å². The number of nitrogens with zero attached hydrogens (tertiary/aromatic N) is 1. The predicted octanol–water partition coefficient (Wildman–Crippen LogP) is 0.648. The maximum Gasteiger partial charge on any atom is 0.239 e. The van der Waals surface area contributed by atoms with Crippen molar-refractivity contribution >= 4 is 5.91 Å². The van der Waals surface area contributed by atoms with Crippen molar-refractivity contribution < 1.29 is 9.21 Å². The second kappa shape index (κ2) is 3.46. The second-order valence-corrected chi connectivity index (χ2v) is 3.67. The van der Waals surface area contributed by atoms with Gasteiger partial charge in [0.25, 0.3) is 0 Å². The molecule has 1 amide bonds. The number of hydrogen-bond donors (Lipinski definition) is 1. The molecular formula is C10H14N2O2. The number of likely N-dealkylation sites (tertiary alicyclic amines) is 1. The van der Waals surface area contributed by atoms with Crippen molar-refractivity contribution in [2.75, 3.05) is 6.54 Å². The summed E-state index contributed by atoms with van der Waals surface area (Å²) in [5.74, 6) is 1.72. The van der Waals surface area contributed by atoms with Gasteiger partial charge in [-0.05, 0) is 25.5 Å². The van der Waals surface area contributed by atoms with Crippen LogP contribution < -0.4 is 5.73 Å². The van der Waals surface area contributed by atoms with E-state index < -0.39 is 0 Å². The average molecular weight is 194 g/mol. The van der Waals surface area contributed by atoms with Crippen LogP contribution in [0.2, 0.25) is 0 Å². The van der Waals surface area contributed by atoms with Gasteiger partial charge in [-0.1, -0.05) is 0 Å². The summed E-state index contributed by atoms with van der Waals surface area (Å²) >= 11 is 0. The first-order valence-corrected chi connectivity index (χ1v) is 4.76. The second-order valence-electron chi connectivity index (χ2n) is 3.67. The molecule has 2 rings (SSSR count). The summed E-state index contributed by atoms with van der Waals surface area (Å²) in [7, 11) is 0. The Balaban J connectivity index is 2.02. The molecule has 0 aliphatic carbocycles. The van der Waals surface area contributed by atoms with Gasteiger partial charge in [0, 0.05) is 6.54 Å². The zero-order chi connectivity index (χ0) is 10.1. The fourth-order valence-electron chi connectivity index (χ4n) is 1.68. The molecule has 1 aromatic heterocycles. The van der Waals surface area contributed by atoms with Gasteiger partial charge in [0.2, 0.25) is 5.91 Å². The van der Waals surface area contributed by atoms with Crippen LogP contribution in [0.4, 0.5) is 0 Å². The Labute approximate surface area is 82.7 Å². The molecule has 1 aromatic rings. The van der Waals surface area contributed by atoms with Crippen LogP contribution in [0.25, 0.3) is 0 Å². The molecular weight excluding hydrogens is 180 g/mol. The van der Waals surface area contributed by atoms with E-state index in [0.29, 0.717) is 6.54 Å². The minimum absolute atomic E-state index is 0.0269. The summed E-state index contributed by atoms with van der Waals surface area (Å²) in [6, 6.07) is 3.48. The predicted molar refractivity (Wildman–Crippen MR) is 51.5 cm³/mol. The Morgan fingerprint density at radius 1 is 1.64 bits per heavy atom. The summed E-state index contributed by atoms with van der Waals surface area (Å²) in [4.78, 5) is 13.2. The highest BCUT2D eigenvalue weighted by molar-refractivity contribution is 5.83. The third-order valence-corrected chi connectivity index (χ3v) is 2.48. The molecule has 0 aromatic carbocycles. The van der Waals surface area contributed by atoms with Gasteiger partial charge in [-0.25, -0.2) is 0 Å². The lowest BCUT2D eigenvalue weighted by Crippen LogP contribution is -2.33. The summed E-state index contributed by atoms with van der Waals surface area (Å²) in [6.45, 7) is 3.17. The van der Waals surface area contributed by atoms with E-state index in [1.165, 1.54) is 0 Å². The molecule has 1 fully saturated rings. The first-order valence-electron chi connectivity index (χ1n) is 4.76. The van der Waals surface area contributed by atoms with Gasteiger partial charge in [-0.3, -0.25) is 4.79 Å². The van der Waals surface area contributed by atoms with Gasteiger partial charge in [-0.2, -0.15) is 0 Å². The van der Waals surface area contributed by atoms with Crippen LogP contribution in [0.1, 0.15) is 17.9 Å². The first-order chi connectivity index (χ1) is 6.66. The molecule has 1 aliphatic rings. The quantitative estimate of drug-likeness (QED) is 0.751. The highest BCUT2D eigenvalue weighted by atomic mass is 16.3. The SMILES string of the molecule is Cc1ccc(CN2CCC(N)C2=O)o1. The Kier molecular flexibility index (Phi) is 2.29. The van der Waals surface area contributed by atoms with Crippen LogP contribution in [0.15, 0.2) is 16.5 Å². The molecule has 14 heavy (non-hydrogen) atoms. The van der Waals surface area contributed by atoms with Crippen LogP contribution in [0.5, 0.6) is 0 Å². The van der Waals surface area contributed by atoms with Crippen LogP contribution in [0, 0.1) is 6.92 Å². The lowest BCUT2D eigenvalue weighted by Gasteiger charge is -2.13. The van der Waals surface area contributed by atoms with Gasteiger partial charge in [0.1, 0.15) is 11.5 Å². The van der Waals surface area contributed by atoms with E-state index in [2.05, 4.69) is 0 Å². The molecule has 1 aliphatic heterocycles. The first kappa shape index (κ1) is 9.27. The number of carbonyl (C=O) groups is 1. The molecule has 0 saturated carbocycles. The number of nitrogens with two attached hydrogens (primary N) is 1. The molecule has 2 N–H and O–H groups in total. The number of furan rings is 1. The number of hydrogen-bond acceptors (Lipinski definition) is 3. The lowest BCUT2D eigenvalue weighted by atomic mass is 10.3. The molecule has 0 radical (unpaired) electrons. The molecule has 4 heteroatoms. The van der Waals surface area contributed by atoms with Gasteiger partial charge >= 0.3 is 0 Å².